The fraction of sp³-hybridized carbons (Fsp3) is 0.111. The quantitative estimate of drug-likeness (QED) is 0.372. The predicted molar refractivity (Wildman–Crippen MR) is 132 cm³/mol. The van der Waals surface area contributed by atoms with E-state index in [1.807, 2.05) is 78.9 Å². The summed E-state index contributed by atoms with van der Waals surface area (Å²) >= 11 is 0. The van der Waals surface area contributed by atoms with Gasteiger partial charge in [-0.2, -0.15) is 0 Å². The average molecular weight is 450 g/mol. The summed E-state index contributed by atoms with van der Waals surface area (Å²) in [6, 6.07) is 25.3. The van der Waals surface area contributed by atoms with E-state index in [-0.39, 0.29) is 11.1 Å². The Morgan fingerprint density at radius 1 is 0.853 bits per heavy atom. The topological polar surface area (TPSA) is 91.9 Å². The standard InChI is InChI=1S/C27H22N4O3/c1-31-20-10-6-5-9-19(20)24-22(27(31)33)21(23-25(28-24)29-30-26(23)32)17-11-13-18(14-12-17)34-15-16-7-3-2-4-8-16/h2-14,21H,15H2,1H3,(H3,28,29,30,32). The van der Waals surface area contributed by atoms with Crippen molar-refractivity contribution in [2.24, 2.45) is 7.05 Å². The van der Waals surface area contributed by atoms with Crippen LogP contribution in [0.1, 0.15) is 28.2 Å². The normalized spacial score (nSPS) is 14.3. The van der Waals surface area contributed by atoms with Gasteiger partial charge < -0.3 is 14.6 Å². The van der Waals surface area contributed by atoms with Crippen molar-refractivity contribution in [3.05, 3.63) is 122 Å². The van der Waals surface area contributed by atoms with Gasteiger partial charge in [-0.1, -0.05) is 60.7 Å². The number of H-pyrrole nitrogens is 2. The maximum Gasteiger partial charge on any atom is 0.270 e. The van der Waals surface area contributed by atoms with E-state index in [4.69, 9.17) is 4.74 Å². The highest BCUT2D eigenvalue weighted by atomic mass is 16.5. The van der Waals surface area contributed by atoms with Crippen LogP contribution in [0.5, 0.6) is 5.75 Å². The predicted octanol–water partition coefficient (Wildman–Crippen LogP) is 4.37. The van der Waals surface area contributed by atoms with Crippen molar-refractivity contribution >= 4 is 22.4 Å². The lowest BCUT2D eigenvalue weighted by atomic mass is 9.82. The van der Waals surface area contributed by atoms with Gasteiger partial charge in [0.25, 0.3) is 11.1 Å². The van der Waals surface area contributed by atoms with Crippen LogP contribution in [-0.4, -0.2) is 14.8 Å². The molecule has 0 spiro atoms. The second-order valence-electron chi connectivity index (χ2n) is 8.44. The van der Waals surface area contributed by atoms with E-state index in [1.54, 1.807) is 11.6 Å². The lowest BCUT2D eigenvalue weighted by Gasteiger charge is -2.27. The molecule has 1 unspecified atom stereocenters. The van der Waals surface area contributed by atoms with Crippen molar-refractivity contribution in [2.45, 2.75) is 12.5 Å². The van der Waals surface area contributed by atoms with Crippen LogP contribution in [0.15, 0.2) is 88.5 Å². The Labute approximate surface area is 194 Å². The molecule has 7 heteroatoms. The Morgan fingerprint density at radius 3 is 2.38 bits per heavy atom. The van der Waals surface area contributed by atoms with Gasteiger partial charge in [0, 0.05) is 12.4 Å². The molecule has 0 aliphatic carbocycles. The zero-order chi connectivity index (χ0) is 23.2. The van der Waals surface area contributed by atoms with Crippen LogP contribution in [0, 0.1) is 0 Å². The van der Waals surface area contributed by atoms with Gasteiger partial charge in [0.1, 0.15) is 18.2 Å². The molecule has 34 heavy (non-hydrogen) atoms. The summed E-state index contributed by atoms with van der Waals surface area (Å²) in [4.78, 5) is 26.3. The van der Waals surface area contributed by atoms with E-state index < -0.39 is 5.92 Å². The maximum atomic E-state index is 13.6. The molecular formula is C27H22N4O3. The SMILES string of the molecule is Cn1c(=O)c2c(c3ccccc31)Nc1[nH][nH]c(=O)c1C2c1ccc(OCc2ccccc2)cc1. The summed E-state index contributed by atoms with van der Waals surface area (Å²) in [6.07, 6.45) is 0. The van der Waals surface area contributed by atoms with E-state index in [1.165, 1.54) is 0 Å². The molecule has 3 heterocycles. The summed E-state index contributed by atoms with van der Waals surface area (Å²) in [5.41, 5.74) is 4.12. The van der Waals surface area contributed by atoms with Crippen LogP contribution in [0.3, 0.4) is 0 Å². The molecule has 1 aliphatic heterocycles. The molecule has 1 aliphatic rings. The zero-order valence-corrected chi connectivity index (χ0v) is 18.5. The number of ether oxygens (including phenoxy) is 1. The van der Waals surface area contributed by atoms with Crippen LogP contribution in [-0.2, 0) is 13.7 Å². The van der Waals surface area contributed by atoms with Gasteiger partial charge in [-0.15, -0.1) is 0 Å². The number of rotatable bonds is 4. The Morgan fingerprint density at radius 2 is 1.59 bits per heavy atom. The monoisotopic (exact) mass is 450 g/mol. The number of benzene rings is 3. The molecule has 0 fully saturated rings. The molecule has 1 atom stereocenters. The van der Waals surface area contributed by atoms with Crippen molar-refractivity contribution in [3.8, 4) is 5.75 Å². The van der Waals surface area contributed by atoms with Crippen molar-refractivity contribution in [2.75, 3.05) is 5.32 Å². The highest BCUT2D eigenvalue weighted by molar-refractivity contribution is 5.97. The molecule has 6 rings (SSSR count). The molecule has 168 valence electrons. The highest BCUT2D eigenvalue weighted by Crippen LogP contribution is 2.43. The fourth-order valence-electron chi connectivity index (χ4n) is 4.76. The Bertz CT molecular complexity index is 1630. The van der Waals surface area contributed by atoms with Gasteiger partial charge in [-0.25, -0.2) is 0 Å². The van der Waals surface area contributed by atoms with Crippen LogP contribution < -0.4 is 21.2 Å². The molecule has 0 bridgehead atoms. The first-order valence-electron chi connectivity index (χ1n) is 11.1. The van der Waals surface area contributed by atoms with Gasteiger partial charge in [-0.05, 0) is 29.3 Å². The number of nitrogens with zero attached hydrogens (tertiary/aromatic N) is 1. The van der Waals surface area contributed by atoms with E-state index in [2.05, 4.69) is 15.5 Å². The third-order valence-electron chi connectivity index (χ3n) is 6.44. The van der Waals surface area contributed by atoms with Crippen LogP contribution >= 0.6 is 0 Å². The van der Waals surface area contributed by atoms with Gasteiger partial charge in [0.05, 0.1) is 28.2 Å². The van der Waals surface area contributed by atoms with Crippen molar-refractivity contribution < 1.29 is 4.74 Å². The minimum Gasteiger partial charge on any atom is -0.489 e. The van der Waals surface area contributed by atoms with E-state index in [0.717, 1.165) is 33.5 Å². The second kappa shape index (κ2) is 7.81. The average Bonchev–Trinajstić information content (AvgIpc) is 3.26. The second-order valence-corrected chi connectivity index (χ2v) is 8.44. The zero-order valence-electron chi connectivity index (χ0n) is 18.5. The number of anilines is 2. The van der Waals surface area contributed by atoms with Crippen LogP contribution in [0.2, 0.25) is 0 Å². The Balaban J connectivity index is 1.46. The molecule has 2 aromatic heterocycles. The number of para-hydroxylation sites is 1. The Kier molecular flexibility index (Phi) is 4.62. The number of fused-ring (bicyclic) bond motifs is 4. The number of hydrogen-bond donors (Lipinski definition) is 3. The molecule has 3 aromatic carbocycles. The molecule has 7 nitrogen and oxygen atoms in total. The number of hydrogen-bond acceptors (Lipinski definition) is 4. The molecule has 3 N–H and O–H groups in total. The lowest BCUT2D eigenvalue weighted by Crippen LogP contribution is -2.30. The largest absolute Gasteiger partial charge is 0.489 e. The van der Waals surface area contributed by atoms with Gasteiger partial charge in [-0.3, -0.25) is 19.8 Å². The highest BCUT2D eigenvalue weighted by Gasteiger charge is 2.35. The first-order valence-corrected chi connectivity index (χ1v) is 11.1. The number of aromatic nitrogens is 3. The Hall–Kier alpha value is -4.52. The van der Waals surface area contributed by atoms with E-state index >= 15 is 0 Å². The number of aromatic amines is 2. The molecular weight excluding hydrogens is 428 g/mol. The fourth-order valence-corrected chi connectivity index (χ4v) is 4.76. The maximum absolute atomic E-state index is 13.6. The molecule has 5 aromatic rings. The van der Waals surface area contributed by atoms with Gasteiger partial charge >= 0.3 is 0 Å². The van der Waals surface area contributed by atoms with Gasteiger partial charge in [0.2, 0.25) is 0 Å². The van der Waals surface area contributed by atoms with Crippen LogP contribution in [0.25, 0.3) is 10.9 Å². The molecule has 0 radical (unpaired) electrons. The summed E-state index contributed by atoms with van der Waals surface area (Å²) in [7, 11) is 1.76. The smallest absolute Gasteiger partial charge is 0.270 e. The number of pyridine rings is 1. The first-order chi connectivity index (χ1) is 16.6. The van der Waals surface area contributed by atoms with Crippen molar-refractivity contribution in [1.82, 2.24) is 14.8 Å². The van der Waals surface area contributed by atoms with Gasteiger partial charge in [0.15, 0.2) is 0 Å². The minimum absolute atomic E-state index is 0.137. The third-order valence-corrected chi connectivity index (χ3v) is 6.44. The summed E-state index contributed by atoms with van der Waals surface area (Å²) in [5.74, 6) is 0.773. The van der Waals surface area contributed by atoms with Crippen molar-refractivity contribution in [3.63, 3.8) is 0 Å². The number of aryl methyl sites for hydroxylation is 1. The molecule has 0 saturated carbocycles. The lowest BCUT2D eigenvalue weighted by molar-refractivity contribution is 0.306. The molecule has 0 saturated heterocycles. The van der Waals surface area contributed by atoms with Crippen LogP contribution in [0.4, 0.5) is 11.5 Å². The molecule has 0 amide bonds. The first kappa shape index (κ1) is 20.1. The van der Waals surface area contributed by atoms with Crippen molar-refractivity contribution in [1.29, 1.82) is 0 Å². The summed E-state index contributed by atoms with van der Waals surface area (Å²) < 4.78 is 7.58. The minimum atomic E-state index is -0.521. The summed E-state index contributed by atoms with van der Waals surface area (Å²) in [6.45, 7) is 0.463. The van der Waals surface area contributed by atoms with E-state index in [0.29, 0.717) is 23.6 Å². The van der Waals surface area contributed by atoms with E-state index in [9.17, 15) is 9.59 Å². The number of nitrogens with one attached hydrogen (secondary N) is 3. The third kappa shape index (κ3) is 3.13. The summed E-state index contributed by atoms with van der Waals surface area (Å²) in [5, 5.41) is 9.82.